The van der Waals surface area contributed by atoms with Crippen LogP contribution < -0.4 is 10.1 Å². The summed E-state index contributed by atoms with van der Waals surface area (Å²) >= 11 is 6.01. The second-order valence-electron chi connectivity index (χ2n) is 6.04. The van der Waals surface area contributed by atoms with Gasteiger partial charge >= 0.3 is 0 Å². The highest BCUT2D eigenvalue weighted by molar-refractivity contribution is 6.30. The third-order valence-corrected chi connectivity index (χ3v) is 4.43. The highest BCUT2D eigenvalue weighted by Crippen LogP contribution is 2.24. The van der Waals surface area contributed by atoms with Crippen LogP contribution in [0.5, 0.6) is 5.75 Å². The van der Waals surface area contributed by atoms with Crippen LogP contribution in [0.4, 0.5) is 5.69 Å². The molecule has 0 unspecified atom stereocenters. The first kappa shape index (κ1) is 17.4. The molecule has 134 valence electrons. The molecular formula is C23H18ClNO2. The van der Waals surface area contributed by atoms with Crippen LogP contribution in [0.3, 0.4) is 0 Å². The molecule has 4 aromatic rings. The zero-order valence-electron chi connectivity index (χ0n) is 14.9. The minimum absolute atomic E-state index is 0.645. The van der Waals surface area contributed by atoms with Gasteiger partial charge in [0.05, 0.1) is 17.7 Å². The van der Waals surface area contributed by atoms with Crippen molar-refractivity contribution >= 4 is 28.3 Å². The summed E-state index contributed by atoms with van der Waals surface area (Å²) < 4.78 is 11.6. The van der Waals surface area contributed by atoms with Gasteiger partial charge in [-0.15, -0.1) is 0 Å². The number of fused-ring (bicyclic) bond motifs is 1. The lowest BCUT2D eigenvalue weighted by Crippen LogP contribution is -2.03. The second-order valence-corrected chi connectivity index (χ2v) is 6.47. The standard InChI is InChI=1S/C23H18ClNO2/c1-2-26-19-13-11-18(12-14-19)25-21-15-23(16-7-9-17(24)10-8-16)27-22-6-4-3-5-20(21)22/h3-15H,2H2,1H3. The number of benzene rings is 3. The number of rotatable bonds is 4. The van der Waals surface area contributed by atoms with Gasteiger partial charge < -0.3 is 9.15 Å². The molecular weight excluding hydrogens is 358 g/mol. The van der Waals surface area contributed by atoms with Gasteiger partial charge in [-0.3, -0.25) is 0 Å². The molecule has 4 rings (SSSR count). The molecule has 0 aliphatic rings. The predicted octanol–water partition coefficient (Wildman–Crippen LogP) is 6.38. The highest BCUT2D eigenvalue weighted by Gasteiger charge is 2.06. The van der Waals surface area contributed by atoms with Gasteiger partial charge in [-0.05, 0) is 67.6 Å². The summed E-state index contributed by atoms with van der Waals surface area (Å²) in [6.45, 7) is 2.61. The van der Waals surface area contributed by atoms with Gasteiger partial charge in [-0.1, -0.05) is 23.7 Å². The highest BCUT2D eigenvalue weighted by atomic mass is 35.5. The summed E-state index contributed by atoms with van der Waals surface area (Å²) in [5.41, 5.74) is 2.60. The molecule has 4 heteroatoms. The molecule has 27 heavy (non-hydrogen) atoms. The average Bonchev–Trinajstić information content (AvgIpc) is 2.70. The van der Waals surface area contributed by atoms with E-state index in [1.165, 1.54) is 0 Å². The third-order valence-electron chi connectivity index (χ3n) is 4.18. The molecule has 0 N–H and O–H groups in total. The van der Waals surface area contributed by atoms with Gasteiger partial charge in [0.15, 0.2) is 0 Å². The fourth-order valence-corrected chi connectivity index (χ4v) is 3.01. The lowest BCUT2D eigenvalue weighted by molar-refractivity contribution is 0.340. The van der Waals surface area contributed by atoms with Crippen molar-refractivity contribution in [1.82, 2.24) is 0 Å². The van der Waals surface area contributed by atoms with Crippen molar-refractivity contribution in [3.8, 4) is 17.1 Å². The Bertz CT molecular complexity index is 1130. The first-order chi connectivity index (χ1) is 13.2. The van der Waals surface area contributed by atoms with Crippen molar-refractivity contribution in [3.63, 3.8) is 0 Å². The Morgan fingerprint density at radius 3 is 2.41 bits per heavy atom. The summed E-state index contributed by atoms with van der Waals surface area (Å²) in [6, 6.07) is 25.2. The summed E-state index contributed by atoms with van der Waals surface area (Å²) in [5, 5.41) is 2.51. The topological polar surface area (TPSA) is 34.7 Å². The molecule has 0 saturated carbocycles. The van der Waals surface area contributed by atoms with Crippen LogP contribution in [0.15, 0.2) is 88.3 Å². The van der Waals surface area contributed by atoms with Crippen LogP contribution in [-0.2, 0) is 0 Å². The number of halogens is 1. The van der Waals surface area contributed by atoms with Gasteiger partial charge in [0.2, 0.25) is 0 Å². The fourth-order valence-electron chi connectivity index (χ4n) is 2.89. The first-order valence-corrected chi connectivity index (χ1v) is 9.17. The summed E-state index contributed by atoms with van der Waals surface area (Å²) in [5.74, 6) is 1.58. The Morgan fingerprint density at radius 1 is 0.926 bits per heavy atom. The maximum Gasteiger partial charge on any atom is 0.136 e. The minimum Gasteiger partial charge on any atom is -0.494 e. The number of ether oxygens (including phenoxy) is 1. The maximum atomic E-state index is 6.09. The normalized spacial score (nSPS) is 11.7. The Kier molecular flexibility index (Phi) is 4.95. The van der Waals surface area contributed by atoms with E-state index in [4.69, 9.17) is 25.7 Å². The van der Waals surface area contributed by atoms with Crippen LogP contribution >= 0.6 is 11.6 Å². The van der Waals surface area contributed by atoms with Gasteiger partial charge in [0.25, 0.3) is 0 Å². The van der Waals surface area contributed by atoms with E-state index in [9.17, 15) is 0 Å². The predicted molar refractivity (Wildman–Crippen MR) is 109 cm³/mol. The molecule has 0 amide bonds. The smallest absolute Gasteiger partial charge is 0.136 e. The van der Waals surface area contributed by atoms with E-state index >= 15 is 0 Å². The van der Waals surface area contributed by atoms with E-state index in [0.717, 1.165) is 39.1 Å². The van der Waals surface area contributed by atoms with Gasteiger partial charge in [0, 0.05) is 22.0 Å². The van der Waals surface area contributed by atoms with Gasteiger partial charge in [-0.2, -0.15) is 0 Å². The SMILES string of the molecule is CCOc1ccc(N=c2cc(-c3ccc(Cl)cc3)oc3ccccc23)cc1. The molecule has 0 saturated heterocycles. The number of hydrogen-bond donors (Lipinski definition) is 0. The third kappa shape index (κ3) is 3.88. The summed E-state index contributed by atoms with van der Waals surface area (Å²) in [7, 11) is 0. The minimum atomic E-state index is 0.645. The van der Waals surface area contributed by atoms with E-state index < -0.39 is 0 Å². The Labute approximate surface area is 162 Å². The monoisotopic (exact) mass is 375 g/mol. The molecule has 0 bridgehead atoms. The van der Waals surface area contributed by atoms with Crippen molar-refractivity contribution in [2.75, 3.05) is 6.61 Å². The molecule has 3 aromatic carbocycles. The second kappa shape index (κ2) is 7.68. The Balaban J connectivity index is 1.86. The number of nitrogens with zero attached hydrogens (tertiary/aromatic N) is 1. The molecule has 0 atom stereocenters. The summed E-state index contributed by atoms with van der Waals surface area (Å²) in [6.07, 6.45) is 0. The van der Waals surface area contributed by atoms with Crippen LogP contribution in [0, 0.1) is 0 Å². The fraction of sp³-hybridized carbons (Fsp3) is 0.0870. The maximum absolute atomic E-state index is 6.09. The largest absolute Gasteiger partial charge is 0.494 e. The van der Waals surface area contributed by atoms with E-state index in [-0.39, 0.29) is 0 Å². The molecule has 0 radical (unpaired) electrons. The molecule has 1 aromatic heterocycles. The van der Waals surface area contributed by atoms with Crippen LogP contribution in [0.2, 0.25) is 5.02 Å². The molecule has 0 fully saturated rings. The van der Waals surface area contributed by atoms with Gasteiger partial charge in [-0.25, -0.2) is 4.99 Å². The quantitative estimate of drug-likeness (QED) is 0.414. The molecule has 1 heterocycles. The van der Waals surface area contributed by atoms with Crippen LogP contribution in [0.25, 0.3) is 22.3 Å². The van der Waals surface area contributed by atoms with E-state index in [2.05, 4.69) is 0 Å². The zero-order chi connectivity index (χ0) is 18.6. The zero-order valence-corrected chi connectivity index (χ0v) is 15.6. The first-order valence-electron chi connectivity index (χ1n) is 8.79. The molecule has 0 aliphatic heterocycles. The Hall–Kier alpha value is -3.04. The summed E-state index contributed by atoms with van der Waals surface area (Å²) in [4.78, 5) is 4.83. The van der Waals surface area contributed by atoms with Gasteiger partial charge in [0.1, 0.15) is 17.1 Å². The molecule has 3 nitrogen and oxygen atoms in total. The number of para-hydroxylation sites is 1. The van der Waals surface area contributed by atoms with Crippen LogP contribution in [0.1, 0.15) is 6.92 Å². The van der Waals surface area contributed by atoms with Crippen LogP contribution in [-0.4, -0.2) is 6.61 Å². The number of hydrogen-bond acceptors (Lipinski definition) is 3. The van der Waals surface area contributed by atoms with E-state index in [1.807, 2.05) is 85.8 Å². The lowest BCUT2D eigenvalue weighted by atomic mass is 10.1. The molecule has 0 aliphatic carbocycles. The average molecular weight is 376 g/mol. The lowest BCUT2D eigenvalue weighted by Gasteiger charge is -2.06. The van der Waals surface area contributed by atoms with E-state index in [1.54, 1.807) is 0 Å². The van der Waals surface area contributed by atoms with Crippen molar-refractivity contribution in [2.24, 2.45) is 4.99 Å². The van der Waals surface area contributed by atoms with Crippen molar-refractivity contribution in [2.45, 2.75) is 6.92 Å². The van der Waals surface area contributed by atoms with Crippen molar-refractivity contribution < 1.29 is 9.15 Å². The Morgan fingerprint density at radius 2 is 1.67 bits per heavy atom. The molecule has 0 spiro atoms. The van der Waals surface area contributed by atoms with Crippen molar-refractivity contribution in [1.29, 1.82) is 0 Å². The van der Waals surface area contributed by atoms with E-state index in [0.29, 0.717) is 11.6 Å². The van der Waals surface area contributed by atoms with Crippen molar-refractivity contribution in [3.05, 3.63) is 89.2 Å².